The quantitative estimate of drug-likeness (QED) is 0.387. The minimum atomic E-state index is -0.651. The van der Waals surface area contributed by atoms with Gasteiger partial charge in [0.25, 0.3) is 5.56 Å². The van der Waals surface area contributed by atoms with Gasteiger partial charge in [-0.15, -0.1) is 0 Å². The zero-order chi connectivity index (χ0) is 24.2. The number of hydrogen-bond acceptors (Lipinski definition) is 7. The third kappa shape index (κ3) is 4.32. The maximum Gasteiger partial charge on any atom is 0.338 e. The highest BCUT2D eigenvalue weighted by Gasteiger charge is 2.33. The lowest BCUT2D eigenvalue weighted by Crippen LogP contribution is -2.39. The summed E-state index contributed by atoms with van der Waals surface area (Å²) in [6.07, 6.45) is 3.28. The fourth-order valence-electron chi connectivity index (χ4n) is 3.84. The Morgan fingerprint density at radius 2 is 1.88 bits per heavy atom. The van der Waals surface area contributed by atoms with Gasteiger partial charge in [0, 0.05) is 0 Å². The summed E-state index contributed by atoms with van der Waals surface area (Å²) in [5, 5.41) is 0. The van der Waals surface area contributed by atoms with Gasteiger partial charge in [-0.25, -0.2) is 9.79 Å². The van der Waals surface area contributed by atoms with Gasteiger partial charge in [0.15, 0.2) is 16.3 Å². The van der Waals surface area contributed by atoms with E-state index in [4.69, 9.17) is 14.2 Å². The Bertz CT molecular complexity index is 1450. The van der Waals surface area contributed by atoms with Crippen molar-refractivity contribution in [2.24, 2.45) is 4.99 Å². The predicted octanol–water partition coefficient (Wildman–Crippen LogP) is 2.98. The summed E-state index contributed by atoms with van der Waals surface area (Å²) in [5.41, 5.74) is 2.18. The SMILES string of the molecule is C=CCOC(=O)C1=C(C)N=c2s/c(=C\c3ccc(OC)c(OC)c3)c(=O)n2[C@H]1c1ccccc1. The Morgan fingerprint density at radius 3 is 2.56 bits per heavy atom. The maximum absolute atomic E-state index is 13.6. The molecule has 8 heteroatoms. The van der Waals surface area contributed by atoms with Gasteiger partial charge in [-0.2, -0.15) is 0 Å². The number of allylic oxidation sites excluding steroid dienone is 1. The topological polar surface area (TPSA) is 79.1 Å². The van der Waals surface area contributed by atoms with E-state index < -0.39 is 12.0 Å². The molecule has 0 bridgehead atoms. The first-order chi connectivity index (χ1) is 16.5. The van der Waals surface area contributed by atoms with Gasteiger partial charge >= 0.3 is 5.97 Å². The van der Waals surface area contributed by atoms with Crippen molar-refractivity contribution in [3.05, 3.63) is 103 Å². The van der Waals surface area contributed by atoms with Crippen molar-refractivity contribution in [3.63, 3.8) is 0 Å². The molecule has 0 N–H and O–H groups in total. The van der Waals surface area contributed by atoms with Gasteiger partial charge in [-0.05, 0) is 36.3 Å². The molecule has 1 aliphatic rings. The van der Waals surface area contributed by atoms with Crippen molar-refractivity contribution in [2.75, 3.05) is 20.8 Å². The van der Waals surface area contributed by atoms with E-state index >= 15 is 0 Å². The highest BCUT2D eigenvalue weighted by molar-refractivity contribution is 7.07. The van der Waals surface area contributed by atoms with Crippen LogP contribution in [0.5, 0.6) is 11.5 Å². The summed E-state index contributed by atoms with van der Waals surface area (Å²) in [5.74, 6) is 0.641. The van der Waals surface area contributed by atoms with Crippen LogP contribution in [-0.4, -0.2) is 31.4 Å². The van der Waals surface area contributed by atoms with Crippen molar-refractivity contribution in [3.8, 4) is 11.5 Å². The number of thiazole rings is 1. The average molecular weight is 477 g/mol. The second-order valence-electron chi connectivity index (χ2n) is 7.49. The summed E-state index contributed by atoms with van der Waals surface area (Å²) in [4.78, 5) is 31.7. The van der Waals surface area contributed by atoms with E-state index in [1.807, 2.05) is 36.4 Å². The molecule has 34 heavy (non-hydrogen) atoms. The molecule has 4 rings (SSSR count). The van der Waals surface area contributed by atoms with Gasteiger partial charge in [0.2, 0.25) is 0 Å². The van der Waals surface area contributed by atoms with Crippen LogP contribution in [0.4, 0.5) is 0 Å². The summed E-state index contributed by atoms with van der Waals surface area (Å²) in [6.45, 7) is 5.43. The van der Waals surface area contributed by atoms with Crippen LogP contribution in [0.2, 0.25) is 0 Å². The average Bonchev–Trinajstić information content (AvgIpc) is 3.16. The van der Waals surface area contributed by atoms with Crippen LogP contribution in [0.3, 0.4) is 0 Å². The molecule has 0 saturated heterocycles. The normalized spacial score (nSPS) is 15.4. The number of fused-ring (bicyclic) bond motifs is 1. The third-order valence-corrected chi connectivity index (χ3v) is 6.38. The molecule has 174 valence electrons. The van der Waals surface area contributed by atoms with Crippen molar-refractivity contribution >= 4 is 23.4 Å². The number of carbonyl (C=O) groups excluding carboxylic acids is 1. The summed E-state index contributed by atoms with van der Waals surface area (Å²) >= 11 is 1.27. The van der Waals surface area contributed by atoms with Crippen LogP contribution in [0, 0.1) is 0 Å². The maximum atomic E-state index is 13.6. The number of benzene rings is 2. The highest BCUT2D eigenvalue weighted by Crippen LogP contribution is 2.31. The molecule has 1 aliphatic heterocycles. The zero-order valence-corrected chi connectivity index (χ0v) is 19.9. The van der Waals surface area contributed by atoms with E-state index in [9.17, 15) is 9.59 Å². The second-order valence-corrected chi connectivity index (χ2v) is 8.50. The van der Waals surface area contributed by atoms with E-state index in [0.717, 1.165) is 11.1 Å². The number of rotatable bonds is 7. The first kappa shape index (κ1) is 23.3. The van der Waals surface area contributed by atoms with E-state index in [1.165, 1.54) is 17.4 Å². The summed E-state index contributed by atoms with van der Waals surface area (Å²) in [7, 11) is 3.13. The Hall–Kier alpha value is -3.91. The van der Waals surface area contributed by atoms with Crippen molar-refractivity contribution in [2.45, 2.75) is 13.0 Å². The molecule has 0 saturated carbocycles. The molecule has 2 heterocycles. The standard InChI is InChI=1S/C26H24N2O5S/c1-5-13-33-25(30)22-16(2)27-26-28(23(22)18-9-7-6-8-10-18)24(29)21(34-26)15-17-11-12-19(31-3)20(14-17)32-4/h5-12,14-15,23H,1,13H2,2-4H3/b21-15-/t23-/m0/s1. The first-order valence-electron chi connectivity index (χ1n) is 10.6. The van der Waals surface area contributed by atoms with E-state index in [2.05, 4.69) is 11.6 Å². The molecular weight excluding hydrogens is 452 g/mol. The van der Waals surface area contributed by atoms with E-state index in [1.54, 1.807) is 43.9 Å². The van der Waals surface area contributed by atoms with Gasteiger partial charge in [-0.1, -0.05) is 60.4 Å². The zero-order valence-electron chi connectivity index (χ0n) is 19.1. The van der Waals surface area contributed by atoms with Crippen LogP contribution in [0.15, 0.2) is 82.2 Å². The van der Waals surface area contributed by atoms with E-state index in [-0.39, 0.29) is 12.2 Å². The first-order valence-corrected chi connectivity index (χ1v) is 11.4. The van der Waals surface area contributed by atoms with Gasteiger partial charge < -0.3 is 14.2 Å². The summed E-state index contributed by atoms with van der Waals surface area (Å²) in [6, 6.07) is 14.2. The van der Waals surface area contributed by atoms with Crippen LogP contribution in [0.1, 0.15) is 24.1 Å². The fourth-order valence-corrected chi connectivity index (χ4v) is 4.89. The van der Waals surface area contributed by atoms with Gasteiger partial charge in [0.1, 0.15) is 6.61 Å². The predicted molar refractivity (Wildman–Crippen MR) is 131 cm³/mol. The number of methoxy groups -OCH3 is 2. The molecule has 1 aromatic heterocycles. The highest BCUT2D eigenvalue weighted by atomic mass is 32.1. The van der Waals surface area contributed by atoms with Crippen LogP contribution < -0.4 is 24.4 Å². The molecular formula is C26H24N2O5S. The Balaban J connectivity index is 1.90. The minimum absolute atomic E-state index is 0.0703. The van der Waals surface area contributed by atoms with Crippen LogP contribution in [-0.2, 0) is 9.53 Å². The van der Waals surface area contributed by atoms with Crippen molar-refractivity contribution in [1.29, 1.82) is 0 Å². The fraction of sp³-hybridized carbons (Fsp3) is 0.192. The number of ether oxygens (including phenoxy) is 3. The molecule has 2 aromatic carbocycles. The van der Waals surface area contributed by atoms with Crippen molar-refractivity contribution in [1.82, 2.24) is 4.57 Å². The number of nitrogens with zero attached hydrogens (tertiary/aromatic N) is 2. The molecule has 0 aliphatic carbocycles. The molecule has 1 atom stereocenters. The lowest BCUT2D eigenvalue weighted by molar-refractivity contribution is -0.138. The van der Waals surface area contributed by atoms with Crippen LogP contribution >= 0.6 is 11.3 Å². The molecule has 0 unspecified atom stereocenters. The molecule has 0 fully saturated rings. The molecule has 7 nitrogen and oxygen atoms in total. The Morgan fingerprint density at radius 1 is 1.15 bits per heavy atom. The Kier molecular flexibility index (Phi) is 6.79. The van der Waals surface area contributed by atoms with E-state index in [0.29, 0.717) is 32.1 Å². The smallest absolute Gasteiger partial charge is 0.338 e. The summed E-state index contributed by atoms with van der Waals surface area (Å²) < 4.78 is 18.1. The number of hydrogen-bond donors (Lipinski definition) is 0. The largest absolute Gasteiger partial charge is 0.493 e. The number of carbonyl (C=O) groups is 1. The number of aromatic nitrogens is 1. The second kappa shape index (κ2) is 9.93. The minimum Gasteiger partial charge on any atom is -0.493 e. The van der Waals surface area contributed by atoms with Crippen molar-refractivity contribution < 1.29 is 19.0 Å². The van der Waals surface area contributed by atoms with Gasteiger partial charge in [0.05, 0.1) is 36.1 Å². The lowest BCUT2D eigenvalue weighted by Gasteiger charge is -2.24. The van der Waals surface area contributed by atoms with Crippen LogP contribution in [0.25, 0.3) is 6.08 Å². The lowest BCUT2D eigenvalue weighted by atomic mass is 9.96. The monoisotopic (exact) mass is 476 g/mol. The molecule has 0 spiro atoms. The number of esters is 1. The Labute approximate surface area is 200 Å². The molecule has 3 aromatic rings. The molecule has 0 amide bonds. The molecule has 0 radical (unpaired) electrons. The van der Waals surface area contributed by atoms with Gasteiger partial charge in [-0.3, -0.25) is 9.36 Å². The third-order valence-electron chi connectivity index (χ3n) is 5.39.